The normalized spacial score (nSPS) is 10.9. The van der Waals surface area contributed by atoms with Gasteiger partial charge in [0, 0.05) is 11.9 Å². The number of methoxy groups -OCH3 is 1. The molecular formula is C14H15N3O2. The molecule has 0 aromatic carbocycles. The molecule has 0 bridgehead atoms. The molecule has 0 aliphatic heterocycles. The summed E-state index contributed by atoms with van der Waals surface area (Å²) in [6.45, 7) is 3.70. The van der Waals surface area contributed by atoms with Crippen molar-refractivity contribution in [3.05, 3.63) is 47.0 Å². The molecule has 1 N–H and O–H groups in total. The fourth-order valence-corrected chi connectivity index (χ4v) is 1.88. The average molecular weight is 257 g/mol. The van der Waals surface area contributed by atoms with Crippen molar-refractivity contribution in [3.63, 3.8) is 0 Å². The van der Waals surface area contributed by atoms with Crippen LogP contribution in [0.25, 0.3) is 0 Å². The Bertz CT molecular complexity index is 615. The van der Waals surface area contributed by atoms with Gasteiger partial charge in [0.2, 0.25) is 0 Å². The van der Waals surface area contributed by atoms with Crippen LogP contribution in [-0.4, -0.2) is 29.3 Å². The molecule has 0 fully saturated rings. The summed E-state index contributed by atoms with van der Waals surface area (Å²) in [7, 11) is 1.37. The number of hydrogen-bond donors (Lipinski definition) is 1. The van der Waals surface area contributed by atoms with Gasteiger partial charge < -0.3 is 9.72 Å². The highest BCUT2D eigenvalue weighted by Crippen LogP contribution is 2.18. The second kappa shape index (κ2) is 5.48. The van der Waals surface area contributed by atoms with E-state index in [9.17, 15) is 4.79 Å². The molecule has 0 spiro atoms. The maximum Gasteiger partial charge on any atom is 0.339 e. The standard InChI is InChI=1S/C14H15N3O2/c1-9-12(8-16-11-5-4-6-15-7-11)17-10(2)13(9)14(18)19-3/h4-8,17H,1-3H3. The first-order chi connectivity index (χ1) is 9.13. The number of H-pyrrole nitrogens is 1. The smallest absolute Gasteiger partial charge is 0.339 e. The van der Waals surface area contributed by atoms with Gasteiger partial charge in [0.05, 0.1) is 36.5 Å². The van der Waals surface area contributed by atoms with E-state index in [4.69, 9.17) is 4.74 Å². The average Bonchev–Trinajstić information content (AvgIpc) is 2.71. The first-order valence-corrected chi connectivity index (χ1v) is 5.85. The van der Waals surface area contributed by atoms with Crippen LogP contribution in [0.5, 0.6) is 0 Å². The third kappa shape index (κ3) is 2.70. The van der Waals surface area contributed by atoms with Crippen molar-refractivity contribution >= 4 is 17.9 Å². The lowest BCUT2D eigenvalue weighted by molar-refractivity contribution is 0.0599. The van der Waals surface area contributed by atoms with Crippen LogP contribution in [0.1, 0.15) is 27.3 Å². The zero-order valence-corrected chi connectivity index (χ0v) is 11.1. The van der Waals surface area contributed by atoms with Gasteiger partial charge in [-0.05, 0) is 31.5 Å². The second-order valence-electron chi connectivity index (χ2n) is 4.12. The van der Waals surface area contributed by atoms with Crippen molar-refractivity contribution in [1.82, 2.24) is 9.97 Å². The molecular weight excluding hydrogens is 242 g/mol. The van der Waals surface area contributed by atoms with E-state index in [1.54, 1.807) is 18.6 Å². The van der Waals surface area contributed by atoms with E-state index in [2.05, 4.69) is 15.0 Å². The molecule has 2 heterocycles. The van der Waals surface area contributed by atoms with Crippen molar-refractivity contribution in [1.29, 1.82) is 0 Å². The molecule has 0 saturated heterocycles. The van der Waals surface area contributed by atoms with Gasteiger partial charge in [0.25, 0.3) is 0 Å². The van der Waals surface area contributed by atoms with Crippen molar-refractivity contribution in [2.45, 2.75) is 13.8 Å². The molecule has 0 aliphatic rings. The molecule has 0 radical (unpaired) electrons. The zero-order chi connectivity index (χ0) is 13.8. The van der Waals surface area contributed by atoms with E-state index in [0.717, 1.165) is 22.6 Å². The fraction of sp³-hybridized carbons (Fsp3) is 0.214. The highest BCUT2D eigenvalue weighted by molar-refractivity contribution is 5.96. The Morgan fingerprint density at radius 3 is 2.89 bits per heavy atom. The molecule has 2 aromatic heterocycles. The number of ether oxygens (including phenoxy) is 1. The predicted molar refractivity (Wildman–Crippen MR) is 73.1 cm³/mol. The van der Waals surface area contributed by atoms with E-state index in [-0.39, 0.29) is 5.97 Å². The van der Waals surface area contributed by atoms with Crippen LogP contribution in [0.3, 0.4) is 0 Å². The number of aromatic amines is 1. The van der Waals surface area contributed by atoms with E-state index in [1.165, 1.54) is 7.11 Å². The fourth-order valence-electron chi connectivity index (χ4n) is 1.88. The zero-order valence-electron chi connectivity index (χ0n) is 11.1. The van der Waals surface area contributed by atoms with Crippen molar-refractivity contribution < 1.29 is 9.53 Å². The number of nitrogens with zero attached hydrogens (tertiary/aromatic N) is 2. The van der Waals surface area contributed by atoms with Crippen molar-refractivity contribution in [3.8, 4) is 0 Å². The lowest BCUT2D eigenvalue weighted by atomic mass is 10.1. The number of aryl methyl sites for hydroxylation is 1. The molecule has 5 heteroatoms. The topological polar surface area (TPSA) is 67.3 Å². The Labute approximate surface area is 111 Å². The van der Waals surface area contributed by atoms with E-state index < -0.39 is 0 Å². The highest BCUT2D eigenvalue weighted by atomic mass is 16.5. The minimum atomic E-state index is -0.340. The quantitative estimate of drug-likeness (QED) is 0.678. The third-order valence-corrected chi connectivity index (χ3v) is 2.85. The number of nitrogens with one attached hydrogen (secondary N) is 1. The van der Waals surface area contributed by atoms with Crippen LogP contribution < -0.4 is 0 Å². The monoisotopic (exact) mass is 257 g/mol. The van der Waals surface area contributed by atoms with Gasteiger partial charge >= 0.3 is 5.97 Å². The molecule has 2 aromatic rings. The van der Waals surface area contributed by atoms with E-state index in [0.29, 0.717) is 5.56 Å². The van der Waals surface area contributed by atoms with Crippen LogP contribution in [-0.2, 0) is 4.74 Å². The summed E-state index contributed by atoms with van der Waals surface area (Å²) in [6, 6.07) is 3.68. The number of esters is 1. The van der Waals surface area contributed by atoms with Crippen molar-refractivity contribution in [2.24, 2.45) is 4.99 Å². The third-order valence-electron chi connectivity index (χ3n) is 2.85. The van der Waals surface area contributed by atoms with Gasteiger partial charge in [-0.3, -0.25) is 9.98 Å². The largest absolute Gasteiger partial charge is 0.465 e. The van der Waals surface area contributed by atoms with Crippen LogP contribution in [0.2, 0.25) is 0 Å². The van der Waals surface area contributed by atoms with E-state index in [1.807, 2.05) is 26.0 Å². The Kier molecular flexibility index (Phi) is 3.75. The summed E-state index contributed by atoms with van der Waals surface area (Å²) in [5.41, 5.74) is 3.72. The summed E-state index contributed by atoms with van der Waals surface area (Å²) in [5, 5.41) is 0. The SMILES string of the molecule is COC(=O)c1c(C)[nH]c(C=Nc2cccnc2)c1C. The van der Waals surface area contributed by atoms with Gasteiger partial charge in [-0.2, -0.15) is 0 Å². The minimum absolute atomic E-state index is 0.340. The lowest BCUT2D eigenvalue weighted by Crippen LogP contribution is -2.03. The van der Waals surface area contributed by atoms with Gasteiger partial charge in [0.15, 0.2) is 0 Å². The molecule has 19 heavy (non-hydrogen) atoms. The van der Waals surface area contributed by atoms with Gasteiger partial charge in [-0.15, -0.1) is 0 Å². The van der Waals surface area contributed by atoms with Crippen LogP contribution in [0.15, 0.2) is 29.5 Å². The Balaban J connectivity index is 2.32. The summed E-state index contributed by atoms with van der Waals surface area (Å²) < 4.78 is 4.76. The highest BCUT2D eigenvalue weighted by Gasteiger charge is 2.17. The van der Waals surface area contributed by atoms with Crippen LogP contribution in [0.4, 0.5) is 5.69 Å². The summed E-state index contributed by atoms with van der Waals surface area (Å²) in [4.78, 5) is 23.1. The van der Waals surface area contributed by atoms with Gasteiger partial charge in [-0.25, -0.2) is 4.79 Å². The first-order valence-electron chi connectivity index (χ1n) is 5.85. The molecule has 2 rings (SSSR count). The summed E-state index contributed by atoms with van der Waals surface area (Å²) in [5.74, 6) is -0.340. The number of aromatic nitrogens is 2. The Morgan fingerprint density at radius 2 is 2.26 bits per heavy atom. The minimum Gasteiger partial charge on any atom is -0.465 e. The number of pyridine rings is 1. The molecule has 0 atom stereocenters. The van der Waals surface area contributed by atoms with Gasteiger partial charge in [-0.1, -0.05) is 0 Å². The Morgan fingerprint density at radius 1 is 1.47 bits per heavy atom. The second-order valence-corrected chi connectivity index (χ2v) is 4.12. The number of rotatable bonds is 3. The number of aliphatic imine (C=N–C) groups is 1. The van der Waals surface area contributed by atoms with Crippen LogP contribution >= 0.6 is 0 Å². The number of carbonyl (C=O) groups excluding carboxylic acids is 1. The number of carbonyl (C=O) groups is 1. The maximum absolute atomic E-state index is 11.6. The van der Waals surface area contributed by atoms with Gasteiger partial charge in [0.1, 0.15) is 0 Å². The Hall–Kier alpha value is -2.43. The molecule has 98 valence electrons. The van der Waals surface area contributed by atoms with E-state index >= 15 is 0 Å². The molecule has 0 unspecified atom stereocenters. The molecule has 0 aliphatic carbocycles. The summed E-state index contributed by atoms with van der Waals surface area (Å²) in [6.07, 6.45) is 5.05. The predicted octanol–water partition coefficient (Wildman–Crippen LogP) is 2.56. The molecule has 0 amide bonds. The summed E-state index contributed by atoms with van der Waals surface area (Å²) >= 11 is 0. The van der Waals surface area contributed by atoms with Crippen molar-refractivity contribution in [2.75, 3.05) is 7.11 Å². The number of hydrogen-bond acceptors (Lipinski definition) is 4. The molecule has 5 nitrogen and oxygen atoms in total. The first kappa shape index (κ1) is 13.0. The lowest BCUT2D eigenvalue weighted by Gasteiger charge is -1.98. The van der Waals surface area contributed by atoms with Crippen LogP contribution in [0, 0.1) is 13.8 Å². The molecule has 0 saturated carbocycles. The maximum atomic E-state index is 11.6.